The van der Waals surface area contributed by atoms with E-state index in [0.717, 1.165) is 29.9 Å². The molecule has 0 aromatic heterocycles. The van der Waals surface area contributed by atoms with Gasteiger partial charge >= 0.3 is 0 Å². The van der Waals surface area contributed by atoms with Gasteiger partial charge in [0.25, 0.3) is 0 Å². The van der Waals surface area contributed by atoms with Gasteiger partial charge < -0.3 is 15.2 Å². The number of benzene rings is 1. The highest BCUT2D eigenvalue weighted by atomic mass is 32.1. The third kappa shape index (κ3) is 4.61. The van der Waals surface area contributed by atoms with Crippen LogP contribution in [0.5, 0.6) is 11.5 Å². The highest BCUT2D eigenvalue weighted by Crippen LogP contribution is 2.28. The third-order valence-corrected chi connectivity index (χ3v) is 2.55. The summed E-state index contributed by atoms with van der Waals surface area (Å²) in [6.45, 7) is 2.77. The van der Waals surface area contributed by atoms with E-state index in [1.165, 1.54) is 0 Å². The molecular weight excluding hydrogens is 234 g/mol. The van der Waals surface area contributed by atoms with E-state index in [-0.39, 0.29) is 0 Å². The lowest BCUT2D eigenvalue weighted by molar-refractivity contribution is 0.294. The second-order valence-electron chi connectivity index (χ2n) is 3.80. The van der Waals surface area contributed by atoms with Crippen molar-refractivity contribution in [2.75, 3.05) is 13.7 Å². The van der Waals surface area contributed by atoms with Crippen LogP contribution in [0.4, 0.5) is 0 Å². The summed E-state index contributed by atoms with van der Waals surface area (Å²) >= 11 is 4.86. The van der Waals surface area contributed by atoms with Gasteiger partial charge in [0, 0.05) is 6.42 Å². The first-order valence-corrected chi connectivity index (χ1v) is 6.16. The lowest BCUT2D eigenvalue weighted by Gasteiger charge is -2.11. The van der Waals surface area contributed by atoms with Crippen LogP contribution in [0.2, 0.25) is 0 Å². The molecule has 0 saturated carbocycles. The predicted molar refractivity (Wildman–Crippen MR) is 73.9 cm³/mol. The first-order valence-electron chi connectivity index (χ1n) is 5.75. The molecule has 3 nitrogen and oxygen atoms in total. The van der Waals surface area contributed by atoms with Crippen molar-refractivity contribution < 1.29 is 9.47 Å². The molecule has 0 heterocycles. The van der Waals surface area contributed by atoms with E-state index in [4.69, 9.17) is 27.4 Å². The first kappa shape index (κ1) is 13.8. The normalized spacial score (nSPS) is 10.0. The molecule has 1 aromatic rings. The molecule has 1 rings (SSSR count). The van der Waals surface area contributed by atoms with Gasteiger partial charge in [0.1, 0.15) is 0 Å². The molecule has 0 saturated heterocycles. The number of aryl methyl sites for hydroxylation is 1. The van der Waals surface area contributed by atoms with Crippen molar-refractivity contribution in [3.8, 4) is 11.5 Å². The van der Waals surface area contributed by atoms with Crippen LogP contribution in [0.1, 0.15) is 25.3 Å². The lowest BCUT2D eigenvalue weighted by Crippen LogP contribution is -2.08. The Morgan fingerprint density at radius 2 is 2.12 bits per heavy atom. The molecular formula is C13H19NO2S. The Hall–Kier alpha value is -1.29. The molecule has 0 bridgehead atoms. The molecule has 0 fully saturated rings. The van der Waals surface area contributed by atoms with Crippen molar-refractivity contribution >= 4 is 17.2 Å². The fourth-order valence-corrected chi connectivity index (χ4v) is 1.57. The highest BCUT2D eigenvalue weighted by Gasteiger charge is 2.05. The average Bonchev–Trinajstić information content (AvgIpc) is 2.34. The van der Waals surface area contributed by atoms with Crippen LogP contribution in [0.25, 0.3) is 0 Å². The van der Waals surface area contributed by atoms with Gasteiger partial charge in [-0.05, 0) is 30.5 Å². The smallest absolute Gasteiger partial charge is 0.161 e. The molecule has 0 unspecified atom stereocenters. The molecule has 0 spiro atoms. The topological polar surface area (TPSA) is 44.5 Å². The van der Waals surface area contributed by atoms with E-state index in [1.54, 1.807) is 7.11 Å². The van der Waals surface area contributed by atoms with E-state index in [0.29, 0.717) is 18.0 Å². The number of nitrogens with two attached hydrogens (primary N) is 1. The molecule has 0 radical (unpaired) electrons. The highest BCUT2D eigenvalue weighted by molar-refractivity contribution is 7.80. The monoisotopic (exact) mass is 253 g/mol. The Balaban J connectivity index is 2.73. The van der Waals surface area contributed by atoms with Gasteiger partial charge in [-0.25, -0.2) is 0 Å². The minimum atomic E-state index is 0.537. The van der Waals surface area contributed by atoms with Crippen molar-refractivity contribution in [2.24, 2.45) is 5.73 Å². The average molecular weight is 253 g/mol. The van der Waals surface area contributed by atoms with Crippen LogP contribution in [0, 0.1) is 0 Å². The number of hydrogen-bond donors (Lipinski definition) is 1. The van der Waals surface area contributed by atoms with Crippen LogP contribution < -0.4 is 15.2 Å². The van der Waals surface area contributed by atoms with Crippen molar-refractivity contribution in [3.63, 3.8) is 0 Å². The van der Waals surface area contributed by atoms with Gasteiger partial charge in [0.15, 0.2) is 11.5 Å². The van der Waals surface area contributed by atoms with Crippen molar-refractivity contribution in [2.45, 2.75) is 26.2 Å². The van der Waals surface area contributed by atoms with Gasteiger partial charge in [0.2, 0.25) is 0 Å². The number of thiocarbonyl (C=S) groups is 1. The summed E-state index contributed by atoms with van der Waals surface area (Å²) < 4.78 is 10.9. The summed E-state index contributed by atoms with van der Waals surface area (Å²) in [4.78, 5) is 0.537. The maximum Gasteiger partial charge on any atom is 0.161 e. The van der Waals surface area contributed by atoms with Crippen molar-refractivity contribution in [1.82, 2.24) is 0 Å². The maximum absolute atomic E-state index is 5.58. The van der Waals surface area contributed by atoms with Gasteiger partial charge in [-0.2, -0.15) is 0 Å². The maximum atomic E-state index is 5.58. The summed E-state index contributed by atoms with van der Waals surface area (Å²) in [5.41, 5.74) is 6.63. The standard InChI is InChI=1S/C13H19NO2S/c1-3-8-16-11-6-4-10(5-7-13(14)17)9-12(11)15-2/h4,6,9H,3,5,7-8H2,1-2H3,(H2,14,17). The van der Waals surface area contributed by atoms with E-state index in [2.05, 4.69) is 6.92 Å². The molecule has 94 valence electrons. The molecule has 17 heavy (non-hydrogen) atoms. The molecule has 0 aliphatic heterocycles. The largest absolute Gasteiger partial charge is 0.493 e. The predicted octanol–water partition coefficient (Wildman–Crippen LogP) is 2.70. The SMILES string of the molecule is CCCOc1ccc(CCC(N)=S)cc1OC. The quantitative estimate of drug-likeness (QED) is 0.759. The number of hydrogen-bond acceptors (Lipinski definition) is 3. The number of ether oxygens (including phenoxy) is 2. The summed E-state index contributed by atoms with van der Waals surface area (Å²) in [6, 6.07) is 5.93. The second-order valence-corrected chi connectivity index (χ2v) is 4.32. The molecule has 0 aliphatic rings. The Morgan fingerprint density at radius 1 is 1.35 bits per heavy atom. The summed E-state index contributed by atoms with van der Waals surface area (Å²) in [7, 11) is 1.64. The van der Waals surface area contributed by atoms with Gasteiger partial charge in [-0.3, -0.25) is 0 Å². The molecule has 0 atom stereocenters. The van der Waals surface area contributed by atoms with Gasteiger partial charge in [0.05, 0.1) is 18.7 Å². The molecule has 0 amide bonds. The van der Waals surface area contributed by atoms with Gasteiger partial charge in [-0.1, -0.05) is 25.2 Å². The molecule has 1 aromatic carbocycles. The first-order chi connectivity index (χ1) is 8.17. The summed E-state index contributed by atoms with van der Waals surface area (Å²) in [6.07, 6.45) is 2.53. The van der Waals surface area contributed by atoms with Crippen molar-refractivity contribution in [1.29, 1.82) is 0 Å². The Labute approximate surface area is 108 Å². The Bertz CT molecular complexity index is 380. The van der Waals surface area contributed by atoms with E-state index >= 15 is 0 Å². The fourth-order valence-electron chi connectivity index (χ4n) is 1.47. The van der Waals surface area contributed by atoms with Crippen LogP contribution >= 0.6 is 12.2 Å². The van der Waals surface area contributed by atoms with Crippen LogP contribution in [-0.2, 0) is 6.42 Å². The molecule has 0 aliphatic carbocycles. The van der Waals surface area contributed by atoms with Crippen LogP contribution in [0.15, 0.2) is 18.2 Å². The fraction of sp³-hybridized carbons (Fsp3) is 0.462. The lowest BCUT2D eigenvalue weighted by atomic mass is 10.1. The number of rotatable bonds is 7. The molecule has 2 N–H and O–H groups in total. The minimum Gasteiger partial charge on any atom is -0.493 e. The molecule has 4 heteroatoms. The van der Waals surface area contributed by atoms with Gasteiger partial charge in [-0.15, -0.1) is 0 Å². The van der Waals surface area contributed by atoms with Crippen molar-refractivity contribution in [3.05, 3.63) is 23.8 Å². The number of methoxy groups -OCH3 is 1. The Kier molecular flexibility index (Phi) is 5.77. The van der Waals surface area contributed by atoms with E-state index < -0.39 is 0 Å². The minimum absolute atomic E-state index is 0.537. The van der Waals surface area contributed by atoms with E-state index in [1.807, 2.05) is 18.2 Å². The summed E-state index contributed by atoms with van der Waals surface area (Å²) in [5, 5.41) is 0. The van der Waals surface area contributed by atoms with Crippen LogP contribution in [-0.4, -0.2) is 18.7 Å². The second kappa shape index (κ2) is 7.12. The third-order valence-electron chi connectivity index (χ3n) is 2.35. The summed E-state index contributed by atoms with van der Waals surface area (Å²) in [5.74, 6) is 1.55. The zero-order chi connectivity index (χ0) is 12.7. The van der Waals surface area contributed by atoms with Crippen LogP contribution in [0.3, 0.4) is 0 Å². The Morgan fingerprint density at radius 3 is 2.71 bits per heavy atom. The zero-order valence-corrected chi connectivity index (χ0v) is 11.2. The zero-order valence-electron chi connectivity index (χ0n) is 10.4. The van der Waals surface area contributed by atoms with E-state index in [9.17, 15) is 0 Å².